The van der Waals surface area contributed by atoms with E-state index in [1.807, 2.05) is 0 Å². The van der Waals surface area contributed by atoms with Crippen molar-refractivity contribution in [2.45, 2.75) is 29.8 Å². The molecule has 0 aliphatic carbocycles. The van der Waals surface area contributed by atoms with Gasteiger partial charge in [-0.1, -0.05) is 40.3 Å². The Balaban J connectivity index is 1.41. The number of nitrogens with two attached hydrogens (primary N) is 2. The van der Waals surface area contributed by atoms with Gasteiger partial charge in [0, 0.05) is 15.7 Å². The third kappa shape index (κ3) is 5.66. The fourth-order valence-corrected chi connectivity index (χ4v) is 6.43. The number of fused-ring (bicyclic) bond motifs is 1. The minimum Gasteiger partial charge on any atom is -0.477 e. The Labute approximate surface area is 231 Å². The molecule has 0 bridgehead atoms. The van der Waals surface area contributed by atoms with Crippen LogP contribution in [0.15, 0.2) is 52.8 Å². The number of hydrogen-bond donors (Lipinski definition) is 4. The summed E-state index contributed by atoms with van der Waals surface area (Å²) in [4.78, 5) is 43.4. The summed E-state index contributed by atoms with van der Waals surface area (Å²) in [5, 5.41) is 13.0. The van der Waals surface area contributed by atoms with Crippen molar-refractivity contribution in [2.75, 3.05) is 23.0 Å². The molecule has 1 saturated heterocycles. The van der Waals surface area contributed by atoms with Crippen molar-refractivity contribution in [3.05, 3.63) is 63.6 Å². The van der Waals surface area contributed by atoms with Crippen LogP contribution in [0, 0.1) is 6.92 Å². The molecule has 14 heteroatoms. The summed E-state index contributed by atoms with van der Waals surface area (Å²) in [5.74, 6) is -0.887. The van der Waals surface area contributed by atoms with Crippen molar-refractivity contribution >= 4 is 76.1 Å². The van der Waals surface area contributed by atoms with Crippen LogP contribution >= 0.6 is 46.7 Å². The van der Waals surface area contributed by atoms with E-state index in [4.69, 9.17) is 34.7 Å². The number of hydrogen-bond acceptors (Lipinski definition) is 8. The molecule has 0 radical (unpaired) electrons. The van der Waals surface area contributed by atoms with Gasteiger partial charge in [0.2, 0.25) is 23.9 Å². The molecule has 2 aliphatic rings. The molecule has 4 rings (SSSR count). The zero-order valence-electron chi connectivity index (χ0n) is 19.5. The van der Waals surface area contributed by atoms with Gasteiger partial charge in [0.25, 0.3) is 5.91 Å². The number of benzene rings is 1. The second-order valence-electron chi connectivity index (χ2n) is 8.19. The molecule has 0 spiro atoms. The number of rotatable bonds is 8. The standard InChI is InChI=1S/C23H22Cl2N6O4S2/c1-11-19(26)28-10-30(20(11)27)6-2-3-12-8-37-22-17(21(33)31(22)18(12)23(34)35)29-16(32)9-36-15-7-13(24)4-5-14(15)25/h2-5,7,10,17,22H,6,8-9H2,1H3,(H5,26,27,29,32,34,35)/p+1/t17-,22-/m1/s1. The molecule has 37 heavy (non-hydrogen) atoms. The number of aliphatic carboxylic acids is 1. The number of carboxylic acid groups (broad SMARTS) is 1. The van der Waals surface area contributed by atoms with Crippen LogP contribution in [0.1, 0.15) is 5.56 Å². The Morgan fingerprint density at radius 2 is 2.14 bits per heavy atom. The number of carbonyl (C=O) groups is 3. The summed E-state index contributed by atoms with van der Waals surface area (Å²) in [7, 11) is 0. The van der Waals surface area contributed by atoms with Crippen LogP contribution in [0.3, 0.4) is 0 Å². The summed E-state index contributed by atoms with van der Waals surface area (Å²) >= 11 is 14.7. The topological polar surface area (TPSA) is 156 Å². The third-order valence-corrected chi connectivity index (χ3v) is 8.84. The molecular formula is C23H23Cl2N6O4S2+. The fourth-order valence-electron chi connectivity index (χ4n) is 3.81. The SMILES string of the molecule is Cc1c(N)nc[n+](CC=CC2=C(C(=O)O)N3C(=O)[C@@H](NC(=O)CSc4cc(Cl)ccc4Cl)[C@H]3SC2)c1N. The highest BCUT2D eigenvalue weighted by atomic mass is 35.5. The summed E-state index contributed by atoms with van der Waals surface area (Å²) in [6.45, 7) is 2.10. The average Bonchev–Trinajstić information content (AvgIpc) is 2.87. The number of nitrogens with one attached hydrogen (secondary N) is 1. The second kappa shape index (κ2) is 11.2. The van der Waals surface area contributed by atoms with Crippen LogP contribution in [-0.2, 0) is 20.9 Å². The first-order valence-electron chi connectivity index (χ1n) is 10.9. The second-order valence-corrected chi connectivity index (χ2v) is 11.2. The molecule has 194 valence electrons. The molecule has 2 aliphatic heterocycles. The first-order chi connectivity index (χ1) is 17.6. The third-order valence-electron chi connectivity index (χ3n) is 5.80. The summed E-state index contributed by atoms with van der Waals surface area (Å²) in [5.41, 5.74) is 12.9. The van der Waals surface area contributed by atoms with Gasteiger partial charge in [0.1, 0.15) is 17.1 Å². The Morgan fingerprint density at radius 1 is 1.38 bits per heavy atom. The maximum absolute atomic E-state index is 12.9. The van der Waals surface area contributed by atoms with Gasteiger partial charge in [-0.3, -0.25) is 14.5 Å². The summed E-state index contributed by atoms with van der Waals surface area (Å²) in [6, 6.07) is 4.14. The smallest absolute Gasteiger partial charge is 0.352 e. The highest BCUT2D eigenvalue weighted by molar-refractivity contribution is 8.00. The fraction of sp³-hybridized carbons (Fsp3) is 0.261. The lowest BCUT2D eigenvalue weighted by molar-refractivity contribution is -0.675. The van der Waals surface area contributed by atoms with Crippen molar-refractivity contribution in [1.82, 2.24) is 15.2 Å². The maximum atomic E-state index is 12.9. The first kappa shape index (κ1) is 27.1. The molecule has 2 atom stereocenters. The predicted octanol–water partition coefficient (Wildman–Crippen LogP) is 2.24. The summed E-state index contributed by atoms with van der Waals surface area (Å²) < 4.78 is 1.68. The van der Waals surface area contributed by atoms with Crippen LogP contribution in [0.4, 0.5) is 11.6 Å². The van der Waals surface area contributed by atoms with Crippen LogP contribution in [0.25, 0.3) is 0 Å². The lowest BCUT2D eigenvalue weighted by Gasteiger charge is -2.49. The van der Waals surface area contributed by atoms with E-state index < -0.39 is 23.3 Å². The predicted molar refractivity (Wildman–Crippen MR) is 144 cm³/mol. The Kier molecular flexibility index (Phi) is 8.22. The summed E-state index contributed by atoms with van der Waals surface area (Å²) in [6.07, 6.45) is 4.91. The lowest BCUT2D eigenvalue weighted by Crippen LogP contribution is -2.70. The number of thioether (sulfide) groups is 2. The number of halogens is 2. The van der Waals surface area contributed by atoms with Crippen molar-refractivity contribution < 1.29 is 24.1 Å². The lowest BCUT2D eigenvalue weighted by atomic mass is 10.0. The minimum atomic E-state index is -1.22. The van der Waals surface area contributed by atoms with Gasteiger partial charge in [-0.05, 0) is 30.7 Å². The molecule has 0 unspecified atom stereocenters. The van der Waals surface area contributed by atoms with E-state index >= 15 is 0 Å². The van der Waals surface area contributed by atoms with Gasteiger partial charge >= 0.3 is 5.97 Å². The van der Waals surface area contributed by atoms with E-state index in [0.717, 1.165) is 0 Å². The number of β-lactam (4-membered cyclic amide) rings is 1. The van der Waals surface area contributed by atoms with Gasteiger partial charge < -0.3 is 21.9 Å². The molecular weight excluding hydrogens is 559 g/mol. The normalized spacial score (nSPS) is 19.1. The van der Waals surface area contributed by atoms with Gasteiger partial charge in [0.05, 0.1) is 22.9 Å². The van der Waals surface area contributed by atoms with Gasteiger partial charge in [-0.2, -0.15) is 0 Å². The maximum Gasteiger partial charge on any atom is 0.352 e. The van der Waals surface area contributed by atoms with Gasteiger partial charge in [-0.25, -0.2) is 9.36 Å². The molecule has 1 aromatic heterocycles. The number of carboxylic acids is 1. The van der Waals surface area contributed by atoms with Crippen LogP contribution in [0.5, 0.6) is 0 Å². The largest absolute Gasteiger partial charge is 0.477 e. The van der Waals surface area contributed by atoms with E-state index in [1.54, 1.807) is 41.8 Å². The molecule has 3 heterocycles. The average molecular weight is 583 g/mol. The zero-order valence-corrected chi connectivity index (χ0v) is 22.6. The molecule has 10 nitrogen and oxygen atoms in total. The number of nitrogen functional groups attached to an aromatic ring is 2. The molecule has 1 fully saturated rings. The van der Waals surface area contributed by atoms with E-state index in [9.17, 15) is 19.5 Å². The van der Waals surface area contributed by atoms with Crippen molar-refractivity contribution in [2.24, 2.45) is 0 Å². The first-order valence-corrected chi connectivity index (χ1v) is 13.7. The highest BCUT2D eigenvalue weighted by Crippen LogP contribution is 2.40. The van der Waals surface area contributed by atoms with Crippen molar-refractivity contribution in [3.63, 3.8) is 0 Å². The van der Waals surface area contributed by atoms with E-state index in [2.05, 4.69) is 10.3 Å². The van der Waals surface area contributed by atoms with Gasteiger partial charge in [-0.15, -0.1) is 23.5 Å². The van der Waals surface area contributed by atoms with E-state index in [1.165, 1.54) is 34.8 Å². The monoisotopic (exact) mass is 581 g/mol. The van der Waals surface area contributed by atoms with Crippen molar-refractivity contribution in [1.29, 1.82) is 0 Å². The Bertz CT molecular complexity index is 1350. The molecule has 1 aromatic carbocycles. The minimum absolute atomic E-state index is 0.0249. The molecule has 0 saturated carbocycles. The number of aromatic nitrogens is 2. The van der Waals surface area contributed by atoms with E-state index in [0.29, 0.717) is 50.0 Å². The Hall–Kier alpha value is -2.93. The van der Waals surface area contributed by atoms with Gasteiger partial charge in [0.15, 0.2) is 0 Å². The number of allylic oxidation sites excluding steroid dienone is 2. The molecule has 6 N–H and O–H groups in total. The molecule has 2 aromatic rings. The van der Waals surface area contributed by atoms with Crippen LogP contribution in [0.2, 0.25) is 10.0 Å². The number of carbonyl (C=O) groups excluding carboxylic acids is 2. The number of anilines is 2. The van der Waals surface area contributed by atoms with Crippen LogP contribution < -0.4 is 21.4 Å². The van der Waals surface area contributed by atoms with Crippen molar-refractivity contribution in [3.8, 4) is 0 Å². The number of amides is 2. The zero-order chi connectivity index (χ0) is 26.9. The number of nitrogens with zero attached hydrogens (tertiary/aromatic N) is 3. The Morgan fingerprint density at radius 3 is 2.86 bits per heavy atom. The quantitative estimate of drug-likeness (QED) is 0.208. The molecule has 2 amide bonds. The highest BCUT2D eigenvalue weighted by Gasteiger charge is 2.53. The van der Waals surface area contributed by atoms with Crippen LogP contribution in [-0.4, -0.2) is 55.7 Å². The van der Waals surface area contributed by atoms with E-state index in [-0.39, 0.29) is 17.4 Å².